The second-order valence-electron chi connectivity index (χ2n) is 6.27. The van der Waals surface area contributed by atoms with Crippen LogP contribution in [0.15, 0.2) is 36.7 Å². The monoisotopic (exact) mass is 352 g/mol. The van der Waals surface area contributed by atoms with E-state index in [2.05, 4.69) is 20.3 Å². The van der Waals surface area contributed by atoms with Gasteiger partial charge < -0.3 is 9.64 Å². The summed E-state index contributed by atoms with van der Waals surface area (Å²) in [6, 6.07) is 7.02. The molecule has 1 aliphatic heterocycles. The Kier molecular flexibility index (Phi) is 4.26. The lowest BCUT2D eigenvalue weighted by Gasteiger charge is -2.35. The highest BCUT2D eigenvalue weighted by Gasteiger charge is 2.33. The minimum atomic E-state index is -0.176. The van der Waals surface area contributed by atoms with Gasteiger partial charge in [0.1, 0.15) is 5.69 Å². The average molecular weight is 352 g/mol. The number of aryl methyl sites for hydroxylation is 2. The van der Waals surface area contributed by atoms with E-state index in [-0.39, 0.29) is 11.9 Å². The fourth-order valence-electron chi connectivity index (χ4n) is 3.36. The van der Waals surface area contributed by atoms with Gasteiger partial charge in [0.2, 0.25) is 0 Å². The molecule has 8 nitrogen and oxygen atoms in total. The Morgan fingerprint density at radius 3 is 2.92 bits per heavy atom. The van der Waals surface area contributed by atoms with Gasteiger partial charge in [0.05, 0.1) is 24.9 Å². The van der Waals surface area contributed by atoms with Crippen LogP contribution in [0.1, 0.15) is 33.5 Å². The molecule has 26 heavy (non-hydrogen) atoms. The van der Waals surface area contributed by atoms with E-state index in [1.54, 1.807) is 23.1 Å². The minimum Gasteiger partial charge on any atom is -0.377 e. The Bertz CT molecular complexity index is 898. The minimum absolute atomic E-state index is 0.118. The summed E-state index contributed by atoms with van der Waals surface area (Å²) in [7, 11) is 0. The lowest BCUT2D eigenvalue weighted by atomic mass is 10.0. The molecular formula is C18H20N6O2. The third-order valence-corrected chi connectivity index (χ3v) is 4.60. The quantitative estimate of drug-likeness (QED) is 0.777. The zero-order valence-corrected chi connectivity index (χ0v) is 14.7. The predicted molar refractivity (Wildman–Crippen MR) is 94.0 cm³/mol. The number of nitrogens with zero attached hydrogens (tertiary/aromatic N) is 5. The molecule has 1 N–H and O–H groups in total. The first-order valence-electron chi connectivity index (χ1n) is 8.52. The molecule has 3 aromatic heterocycles. The van der Waals surface area contributed by atoms with Gasteiger partial charge in [0.15, 0.2) is 5.82 Å². The largest absolute Gasteiger partial charge is 0.377 e. The Morgan fingerprint density at radius 2 is 2.19 bits per heavy atom. The third kappa shape index (κ3) is 2.88. The van der Waals surface area contributed by atoms with Gasteiger partial charge in [-0.15, -0.1) is 0 Å². The summed E-state index contributed by atoms with van der Waals surface area (Å²) < 4.78 is 7.28. The number of nitrogens with one attached hydrogen (secondary N) is 1. The van der Waals surface area contributed by atoms with Crippen molar-refractivity contribution in [1.82, 2.24) is 29.9 Å². The molecule has 1 atom stereocenters. The number of ether oxygens (including phenoxy) is 1. The lowest BCUT2D eigenvalue weighted by molar-refractivity contribution is -0.00332. The Morgan fingerprint density at radius 1 is 1.31 bits per heavy atom. The van der Waals surface area contributed by atoms with Gasteiger partial charge in [-0.1, -0.05) is 6.07 Å². The summed E-state index contributed by atoms with van der Waals surface area (Å²) in [5.74, 6) is 0.494. The molecule has 8 heteroatoms. The van der Waals surface area contributed by atoms with Crippen LogP contribution in [0.2, 0.25) is 0 Å². The smallest absolute Gasteiger partial charge is 0.273 e. The van der Waals surface area contributed by atoms with Crippen molar-refractivity contribution in [3.05, 3.63) is 59.3 Å². The molecule has 0 saturated carbocycles. The number of hydrogen-bond donors (Lipinski definition) is 1. The number of rotatable bonds is 3. The van der Waals surface area contributed by atoms with E-state index in [0.29, 0.717) is 31.3 Å². The topological polar surface area (TPSA) is 88.9 Å². The zero-order valence-electron chi connectivity index (χ0n) is 14.7. The predicted octanol–water partition coefficient (Wildman–Crippen LogP) is 1.82. The number of aromatic nitrogens is 5. The second-order valence-corrected chi connectivity index (χ2v) is 6.27. The van der Waals surface area contributed by atoms with Crippen molar-refractivity contribution < 1.29 is 9.53 Å². The molecule has 134 valence electrons. The van der Waals surface area contributed by atoms with Crippen molar-refractivity contribution in [3.8, 4) is 5.82 Å². The average Bonchev–Trinajstić information content (AvgIpc) is 3.32. The molecule has 0 aliphatic carbocycles. The second kappa shape index (κ2) is 6.72. The van der Waals surface area contributed by atoms with Crippen LogP contribution in [0.5, 0.6) is 0 Å². The SMILES string of the molecule is Cc1n[nH]c(C)c1C1COCCN1C(=O)c1cccc(-n2cccn2)n1. The molecule has 0 spiro atoms. The fraction of sp³-hybridized carbons (Fsp3) is 0.333. The van der Waals surface area contributed by atoms with Crippen LogP contribution < -0.4 is 0 Å². The van der Waals surface area contributed by atoms with E-state index < -0.39 is 0 Å². The maximum atomic E-state index is 13.2. The van der Waals surface area contributed by atoms with Crippen molar-refractivity contribution in [2.75, 3.05) is 19.8 Å². The Labute approximate surface area is 150 Å². The van der Waals surface area contributed by atoms with Crippen LogP contribution in [0.3, 0.4) is 0 Å². The van der Waals surface area contributed by atoms with Gasteiger partial charge >= 0.3 is 0 Å². The molecule has 1 unspecified atom stereocenters. The van der Waals surface area contributed by atoms with Gasteiger partial charge in [-0.05, 0) is 32.0 Å². The number of hydrogen-bond acceptors (Lipinski definition) is 5. The fourth-order valence-corrected chi connectivity index (χ4v) is 3.36. The number of aromatic amines is 1. The van der Waals surface area contributed by atoms with Crippen molar-refractivity contribution in [1.29, 1.82) is 0 Å². The Hall–Kier alpha value is -3.00. The molecule has 1 saturated heterocycles. The van der Waals surface area contributed by atoms with E-state index in [1.165, 1.54) is 0 Å². The summed E-state index contributed by atoms with van der Waals surface area (Å²) in [5, 5.41) is 11.4. The Balaban J connectivity index is 1.67. The van der Waals surface area contributed by atoms with E-state index in [9.17, 15) is 4.79 Å². The number of carbonyl (C=O) groups excluding carboxylic acids is 1. The number of pyridine rings is 1. The molecule has 4 rings (SSSR count). The van der Waals surface area contributed by atoms with Crippen molar-refractivity contribution in [3.63, 3.8) is 0 Å². The van der Waals surface area contributed by atoms with Crippen LogP contribution in [-0.2, 0) is 4.74 Å². The van der Waals surface area contributed by atoms with E-state index >= 15 is 0 Å². The highest BCUT2D eigenvalue weighted by Crippen LogP contribution is 2.29. The molecule has 3 aromatic rings. The van der Waals surface area contributed by atoms with E-state index in [1.807, 2.05) is 36.9 Å². The van der Waals surface area contributed by atoms with Gasteiger partial charge in [0, 0.05) is 30.2 Å². The normalized spacial score (nSPS) is 17.5. The maximum absolute atomic E-state index is 13.2. The molecule has 1 amide bonds. The molecule has 4 heterocycles. The molecule has 1 aliphatic rings. The lowest BCUT2D eigenvalue weighted by Crippen LogP contribution is -2.44. The van der Waals surface area contributed by atoms with Crippen molar-refractivity contribution >= 4 is 5.91 Å². The number of amides is 1. The van der Waals surface area contributed by atoms with E-state index in [4.69, 9.17) is 4.74 Å². The number of H-pyrrole nitrogens is 1. The van der Waals surface area contributed by atoms with Crippen LogP contribution in [0.4, 0.5) is 0 Å². The van der Waals surface area contributed by atoms with E-state index in [0.717, 1.165) is 17.0 Å². The van der Waals surface area contributed by atoms with Crippen LogP contribution in [-0.4, -0.2) is 55.5 Å². The highest BCUT2D eigenvalue weighted by molar-refractivity contribution is 5.93. The van der Waals surface area contributed by atoms with Crippen LogP contribution >= 0.6 is 0 Å². The summed E-state index contributed by atoms with van der Waals surface area (Å²) in [5.41, 5.74) is 3.24. The number of carbonyl (C=O) groups is 1. The van der Waals surface area contributed by atoms with Gasteiger partial charge in [-0.3, -0.25) is 9.89 Å². The molecule has 0 aromatic carbocycles. The molecule has 1 fully saturated rings. The summed E-state index contributed by atoms with van der Waals surface area (Å²) in [6.45, 7) is 5.37. The summed E-state index contributed by atoms with van der Waals surface area (Å²) in [6.07, 6.45) is 3.48. The molecular weight excluding hydrogens is 332 g/mol. The first kappa shape index (κ1) is 16.5. The first-order chi connectivity index (χ1) is 12.6. The van der Waals surface area contributed by atoms with Crippen LogP contribution in [0, 0.1) is 13.8 Å². The molecule has 0 radical (unpaired) electrons. The maximum Gasteiger partial charge on any atom is 0.273 e. The van der Waals surface area contributed by atoms with Gasteiger partial charge in [-0.2, -0.15) is 10.2 Å². The standard InChI is InChI=1S/C18H20N6O2/c1-12-17(13(2)22-21-12)15-11-26-10-9-23(15)18(25)14-5-3-6-16(20-14)24-8-4-7-19-24/h3-8,15H,9-11H2,1-2H3,(H,21,22). The van der Waals surface area contributed by atoms with Gasteiger partial charge in [0.25, 0.3) is 5.91 Å². The van der Waals surface area contributed by atoms with Crippen molar-refractivity contribution in [2.24, 2.45) is 0 Å². The van der Waals surface area contributed by atoms with Crippen LogP contribution in [0.25, 0.3) is 5.82 Å². The number of morpholine rings is 1. The summed E-state index contributed by atoms with van der Waals surface area (Å²) in [4.78, 5) is 19.5. The third-order valence-electron chi connectivity index (χ3n) is 4.60. The highest BCUT2D eigenvalue weighted by atomic mass is 16.5. The first-order valence-corrected chi connectivity index (χ1v) is 8.52. The molecule has 0 bridgehead atoms. The zero-order chi connectivity index (χ0) is 18.1. The summed E-state index contributed by atoms with van der Waals surface area (Å²) >= 11 is 0. The van der Waals surface area contributed by atoms with Crippen molar-refractivity contribution in [2.45, 2.75) is 19.9 Å². The van der Waals surface area contributed by atoms with Gasteiger partial charge in [-0.25, -0.2) is 9.67 Å².